The van der Waals surface area contributed by atoms with Crippen LogP contribution in [0.3, 0.4) is 0 Å². The van der Waals surface area contributed by atoms with Gasteiger partial charge in [0.15, 0.2) is 10.7 Å². The minimum absolute atomic E-state index is 0.122. The Kier molecular flexibility index (Phi) is 3.47. The number of rotatable bonds is 3. The average Bonchev–Trinajstić information content (AvgIpc) is 3.15. The molecule has 0 bridgehead atoms. The Balaban J connectivity index is 1.85. The summed E-state index contributed by atoms with van der Waals surface area (Å²) in [6.45, 7) is 3.58. The predicted octanol–water partition coefficient (Wildman–Crippen LogP) is 2.60. The summed E-state index contributed by atoms with van der Waals surface area (Å²) >= 11 is 0. The zero-order chi connectivity index (χ0) is 17.8. The van der Waals surface area contributed by atoms with Crippen LogP contribution in [0, 0.1) is 13.8 Å². The minimum atomic E-state index is -3.76. The van der Waals surface area contributed by atoms with Crippen LogP contribution in [0.4, 0.5) is 5.82 Å². The van der Waals surface area contributed by atoms with Crippen LogP contribution in [0.15, 0.2) is 33.7 Å². The fraction of sp³-hybridized carbons (Fsp3) is 0.294. The van der Waals surface area contributed by atoms with E-state index in [0.29, 0.717) is 24.5 Å². The molecular formula is C17H17N3O4S. The molecule has 7 nitrogen and oxygen atoms in total. The van der Waals surface area contributed by atoms with E-state index in [1.807, 2.05) is 24.3 Å². The Bertz CT molecular complexity index is 1070. The number of aryl methyl sites for hydroxylation is 2. The zero-order valence-corrected chi connectivity index (χ0v) is 14.9. The largest absolute Gasteiger partial charge is 0.497 e. The van der Waals surface area contributed by atoms with E-state index in [1.54, 1.807) is 21.0 Å². The van der Waals surface area contributed by atoms with E-state index in [1.165, 1.54) is 4.31 Å². The second-order valence-corrected chi connectivity index (χ2v) is 7.81. The SMILES string of the molecule is COc1ccc2nc3c(cc2c1)CCN3S(=O)(=O)c1c(C)noc1C. The summed E-state index contributed by atoms with van der Waals surface area (Å²) in [6.07, 6.45) is 0.609. The summed E-state index contributed by atoms with van der Waals surface area (Å²) in [6, 6.07) is 7.51. The summed E-state index contributed by atoms with van der Waals surface area (Å²) in [5, 5.41) is 4.69. The molecule has 0 amide bonds. The zero-order valence-electron chi connectivity index (χ0n) is 14.1. The molecule has 0 aliphatic carbocycles. The summed E-state index contributed by atoms with van der Waals surface area (Å²) < 4.78 is 37.8. The van der Waals surface area contributed by atoms with Crippen molar-refractivity contribution < 1.29 is 17.7 Å². The number of aromatic nitrogens is 2. The number of sulfonamides is 1. The molecule has 1 aliphatic heterocycles. The third kappa shape index (κ3) is 2.36. The van der Waals surface area contributed by atoms with Gasteiger partial charge in [0.05, 0.1) is 12.6 Å². The maximum atomic E-state index is 13.1. The predicted molar refractivity (Wildman–Crippen MR) is 92.5 cm³/mol. The van der Waals surface area contributed by atoms with E-state index in [-0.39, 0.29) is 10.7 Å². The monoisotopic (exact) mass is 359 g/mol. The average molecular weight is 359 g/mol. The third-order valence-electron chi connectivity index (χ3n) is 4.41. The van der Waals surface area contributed by atoms with Crippen LogP contribution >= 0.6 is 0 Å². The molecular weight excluding hydrogens is 342 g/mol. The lowest BCUT2D eigenvalue weighted by Crippen LogP contribution is -2.30. The van der Waals surface area contributed by atoms with E-state index in [0.717, 1.165) is 22.2 Å². The number of fused-ring (bicyclic) bond motifs is 2. The molecule has 8 heteroatoms. The lowest BCUT2D eigenvalue weighted by molar-refractivity contribution is 0.390. The molecule has 0 spiro atoms. The molecule has 1 aromatic carbocycles. The molecule has 3 heterocycles. The van der Waals surface area contributed by atoms with Crippen LogP contribution in [0.25, 0.3) is 10.9 Å². The maximum absolute atomic E-state index is 13.1. The quantitative estimate of drug-likeness (QED) is 0.714. The van der Waals surface area contributed by atoms with E-state index < -0.39 is 10.0 Å². The van der Waals surface area contributed by atoms with Crippen molar-refractivity contribution in [3.63, 3.8) is 0 Å². The lowest BCUT2D eigenvalue weighted by atomic mass is 10.1. The van der Waals surface area contributed by atoms with Crippen molar-refractivity contribution in [2.24, 2.45) is 0 Å². The number of anilines is 1. The molecule has 0 radical (unpaired) electrons. The summed E-state index contributed by atoms with van der Waals surface area (Å²) in [4.78, 5) is 4.71. The molecule has 4 rings (SSSR count). The molecule has 1 aliphatic rings. The fourth-order valence-corrected chi connectivity index (χ4v) is 4.98. The molecule has 25 heavy (non-hydrogen) atoms. The smallest absolute Gasteiger partial charge is 0.270 e. The first kappa shape index (κ1) is 15.9. The van der Waals surface area contributed by atoms with Crippen molar-refractivity contribution in [1.82, 2.24) is 10.1 Å². The molecule has 0 unspecified atom stereocenters. The highest BCUT2D eigenvalue weighted by molar-refractivity contribution is 7.93. The van der Waals surface area contributed by atoms with Crippen LogP contribution in [-0.2, 0) is 16.4 Å². The Morgan fingerprint density at radius 3 is 2.72 bits per heavy atom. The number of methoxy groups -OCH3 is 1. The fourth-order valence-electron chi connectivity index (χ4n) is 3.23. The first-order chi connectivity index (χ1) is 11.9. The molecule has 130 valence electrons. The van der Waals surface area contributed by atoms with Gasteiger partial charge in [0.1, 0.15) is 17.3 Å². The number of nitrogens with zero attached hydrogens (tertiary/aromatic N) is 3. The number of hydrogen-bond donors (Lipinski definition) is 0. The van der Waals surface area contributed by atoms with Gasteiger partial charge in [0, 0.05) is 11.9 Å². The molecule has 0 fully saturated rings. The second kappa shape index (κ2) is 5.45. The van der Waals surface area contributed by atoms with Crippen LogP contribution < -0.4 is 9.04 Å². The van der Waals surface area contributed by atoms with Gasteiger partial charge in [-0.1, -0.05) is 5.16 Å². The molecule has 0 N–H and O–H groups in total. The van der Waals surface area contributed by atoms with Crippen molar-refractivity contribution in [2.45, 2.75) is 25.2 Å². The summed E-state index contributed by atoms with van der Waals surface area (Å²) in [5.41, 5.74) is 1.98. The Morgan fingerprint density at radius 2 is 2.04 bits per heavy atom. The Hall–Kier alpha value is -2.61. The van der Waals surface area contributed by atoms with Crippen LogP contribution in [0.2, 0.25) is 0 Å². The van der Waals surface area contributed by atoms with Gasteiger partial charge in [0.2, 0.25) is 0 Å². The number of ether oxygens (including phenoxy) is 1. The molecule has 0 saturated heterocycles. The summed E-state index contributed by atoms with van der Waals surface area (Å²) in [7, 11) is -2.15. The third-order valence-corrected chi connectivity index (χ3v) is 6.45. The van der Waals surface area contributed by atoms with E-state index in [4.69, 9.17) is 9.26 Å². The molecule has 0 atom stereocenters. The van der Waals surface area contributed by atoms with Crippen LogP contribution in [0.5, 0.6) is 5.75 Å². The maximum Gasteiger partial charge on any atom is 0.270 e. The highest BCUT2D eigenvalue weighted by Gasteiger charge is 2.36. The number of pyridine rings is 1. The highest BCUT2D eigenvalue weighted by Crippen LogP contribution is 2.35. The van der Waals surface area contributed by atoms with E-state index >= 15 is 0 Å². The molecule has 2 aromatic heterocycles. The van der Waals surface area contributed by atoms with Gasteiger partial charge >= 0.3 is 0 Å². The highest BCUT2D eigenvalue weighted by atomic mass is 32.2. The van der Waals surface area contributed by atoms with Gasteiger partial charge in [-0.25, -0.2) is 17.7 Å². The van der Waals surface area contributed by atoms with Gasteiger partial charge < -0.3 is 9.26 Å². The van der Waals surface area contributed by atoms with Gasteiger partial charge in [0.25, 0.3) is 10.0 Å². The Labute approximate surface area is 145 Å². The molecule has 0 saturated carbocycles. The van der Waals surface area contributed by atoms with Crippen molar-refractivity contribution in [3.8, 4) is 5.75 Å². The second-order valence-electron chi connectivity index (χ2n) is 6.01. The minimum Gasteiger partial charge on any atom is -0.497 e. The van der Waals surface area contributed by atoms with Crippen molar-refractivity contribution in [1.29, 1.82) is 0 Å². The van der Waals surface area contributed by atoms with Gasteiger partial charge in [-0.3, -0.25) is 0 Å². The first-order valence-corrected chi connectivity index (χ1v) is 9.29. The van der Waals surface area contributed by atoms with Gasteiger partial charge in [-0.2, -0.15) is 0 Å². The number of hydrogen-bond acceptors (Lipinski definition) is 6. The summed E-state index contributed by atoms with van der Waals surface area (Å²) in [5.74, 6) is 1.50. The van der Waals surface area contributed by atoms with Gasteiger partial charge in [-0.05, 0) is 50.1 Å². The lowest BCUT2D eigenvalue weighted by Gasteiger charge is -2.18. The van der Waals surface area contributed by atoms with Crippen molar-refractivity contribution >= 4 is 26.7 Å². The van der Waals surface area contributed by atoms with Crippen LogP contribution in [-0.4, -0.2) is 32.2 Å². The molecule has 3 aromatic rings. The van der Waals surface area contributed by atoms with E-state index in [2.05, 4.69) is 10.1 Å². The topological polar surface area (TPSA) is 85.5 Å². The Morgan fingerprint density at radius 1 is 1.24 bits per heavy atom. The number of benzene rings is 1. The van der Waals surface area contributed by atoms with Crippen LogP contribution in [0.1, 0.15) is 17.0 Å². The first-order valence-electron chi connectivity index (χ1n) is 7.85. The normalized spacial score (nSPS) is 14.1. The van der Waals surface area contributed by atoms with E-state index in [9.17, 15) is 8.42 Å². The van der Waals surface area contributed by atoms with Gasteiger partial charge in [-0.15, -0.1) is 0 Å². The van der Waals surface area contributed by atoms with Crippen molar-refractivity contribution in [2.75, 3.05) is 18.0 Å². The van der Waals surface area contributed by atoms with Crippen molar-refractivity contribution in [3.05, 3.63) is 41.3 Å². The standard InChI is InChI=1S/C17H17N3O4S/c1-10-16(11(2)24-19-10)25(21,22)20-7-6-12-8-13-9-14(23-3)4-5-15(13)18-17(12)20/h4-5,8-9H,6-7H2,1-3H3.